The number of hydrogen-bond acceptors (Lipinski definition) is 4. The molecule has 0 spiro atoms. The van der Waals surface area contributed by atoms with Gasteiger partial charge < -0.3 is 4.74 Å². The number of esters is 1. The Morgan fingerprint density at radius 2 is 1.62 bits per heavy atom. The highest BCUT2D eigenvalue weighted by Gasteiger charge is 2.54. The Kier molecular flexibility index (Phi) is 5.78. The van der Waals surface area contributed by atoms with Crippen molar-refractivity contribution in [1.29, 1.82) is 0 Å². The number of rotatable bonds is 5. The van der Waals surface area contributed by atoms with Crippen LogP contribution in [0.1, 0.15) is 52.4 Å². The Labute approximate surface area is 199 Å². The first-order chi connectivity index (χ1) is 16.4. The Morgan fingerprint density at radius 3 is 2.29 bits per heavy atom. The minimum absolute atomic E-state index is 0.117. The van der Waals surface area contributed by atoms with Gasteiger partial charge in [0.25, 0.3) is 0 Å². The number of carbonyl (C=O) groups excluding carboxylic acids is 3. The van der Waals surface area contributed by atoms with Crippen molar-refractivity contribution < 1.29 is 19.1 Å². The van der Waals surface area contributed by atoms with Crippen LogP contribution in [-0.2, 0) is 27.3 Å². The van der Waals surface area contributed by atoms with Crippen molar-refractivity contribution in [3.8, 4) is 0 Å². The van der Waals surface area contributed by atoms with Gasteiger partial charge in [0.15, 0.2) is 0 Å². The average molecular weight is 454 g/mol. The molecule has 2 aliphatic rings. The Balaban J connectivity index is 1.57. The Morgan fingerprint density at radius 1 is 0.941 bits per heavy atom. The second kappa shape index (κ2) is 8.90. The maximum Gasteiger partial charge on any atom is 0.338 e. The number of imide groups is 1. The van der Waals surface area contributed by atoms with Gasteiger partial charge in [-0.15, -0.1) is 0 Å². The summed E-state index contributed by atoms with van der Waals surface area (Å²) in [7, 11) is 0. The van der Waals surface area contributed by atoms with Crippen LogP contribution in [-0.4, -0.2) is 28.8 Å². The molecule has 34 heavy (non-hydrogen) atoms. The van der Waals surface area contributed by atoms with E-state index in [9.17, 15) is 14.4 Å². The van der Waals surface area contributed by atoms with Crippen molar-refractivity contribution >= 4 is 17.8 Å². The highest BCUT2D eigenvalue weighted by molar-refractivity contribution is 6.06. The SMILES string of the molecule is CC(C)OC(=O)c1ccc2c(c1)C(c1ccccc1)C1C(=O)N(Cc3ccccc3)C(=O)C1C2. The molecular formula is C29H27NO4. The molecule has 0 radical (unpaired) electrons. The Bertz CT molecular complexity index is 1240. The molecule has 5 heteroatoms. The van der Waals surface area contributed by atoms with Crippen molar-refractivity contribution in [2.45, 2.75) is 38.8 Å². The van der Waals surface area contributed by atoms with Crippen molar-refractivity contribution in [2.75, 3.05) is 0 Å². The summed E-state index contributed by atoms with van der Waals surface area (Å²) in [5.74, 6) is -1.86. The van der Waals surface area contributed by atoms with E-state index in [0.29, 0.717) is 12.0 Å². The maximum absolute atomic E-state index is 13.7. The molecule has 1 aliphatic carbocycles. The first-order valence-corrected chi connectivity index (χ1v) is 11.7. The Hall–Kier alpha value is -3.73. The van der Waals surface area contributed by atoms with Gasteiger partial charge in [-0.25, -0.2) is 4.79 Å². The lowest BCUT2D eigenvalue weighted by molar-refractivity contribution is -0.140. The van der Waals surface area contributed by atoms with Crippen molar-refractivity contribution in [1.82, 2.24) is 4.90 Å². The normalized spacial score (nSPS) is 21.4. The molecule has 5 rings (SSSR count). The minimum Gasteiger partial charge on any atom is -0.459 e. The van der Waals surface area contributed by atoms with Crippen LogP contribution in [0.4, 0.5) is 0 Å². The molecule has 0 saturated carbocycles. The molecule has 1 heterocycles. The fourth-order valence-corrected chi connectivity index (χ4v) is 5.28. The number of benzene rings is 3. The molecular weight excluding hydrogens is 426 g/mol. The number of amides is 2. The first-order valence-electron chi connectivity index (χ1n) is 11.7. The summed E-state index contributed by atoms with van der Waals surface area (Å²) in [5.41, 5.74) is 4.28. The zero-order valence-corrected chi connectivity index (χ0v) is 19.3. The van der Waals surface area contributed by atoms with Gasteiger partial charge in [-0.1, -0.05) is 66.7 Å². The minimum atomic E-state index is -0.498. The van der Waals surface area contributed by atoms with Crippen molar-refractivity contribution in [2.24, 2.45) is 11.8 Å². The largest absolute Gasteiger partial charge is 0.459 e. The molecule has 5 nitrogen and oxygen atoms in total. The number of carbonyl (C=O) groups is 3. The van der Waals surface area contributed by atoms with E-state index in [1.165, 1.54) is 4.90 Å². The van der Waals surface area contributed by atoms with Crippen LogP contribution in [0.15, 0.2) is 78.9 Å². The van der Waals surface area contributed by atoms with Gasteiger partial charge in [0, 0.05) is 5.92 Å². The molecule has 0 bridgehead atoms. The van der Waals surface area contributed by atoms with Crippen LogP contribution in [0.5, 0.6) is 0 Å². The number of likely N-dealkylation sites (tertiary alicyclic amines) is 1. The van der Waals surface area contributed by atoms with E-state index in [0.717, 1.165) is 22.3 Å². The molecule has 1 fully saturated rings. The summed E-state index contributed by atoms with van der Waals surface area (Å²) in [4.78, 5) is 41.2. The summed E-state index contributed by atoms with van der Waals surface area (Å²) >= 11 is 0. The quantitative estimate of drug-likeness (QED) is 0.413. The zero-order chi connectivity index (χ0) is 23.8. The lowest BCUT2D eigenvalue weighted by Crippen LogP contribution is -2.33. The van der Waals surface area contributed by atoms with Crippen LogP contribution < -0.4 is 0 Å². The number of hydrogen-bond donors (Lipinski definition) is 0. The average Bonchev–Trinajstić information content (AvgIpc) is 3.07. The molecule has 2 amide bonds. The second-order valence-corrected chi connectivity index (χ2v) is 9.34. The third kappa shape index (κ3) is 3.92. The summed E-state index contributed by atoms with van der Waals surface area (Å²) in [6, 6.07) is 24.9. The molecule has 3 unspecified atom stereocenters. The second-order valence-electron chi connectivity index (χ2n) is 9.34. The van der Waals surface area contributed by atoms with E-state index in [1.807, 2.05) is 86.6 Å². The topological polar surface area (TPSA) is 63.7 Å². The van der Waals surface area contributed by atoms with Gasteiger partial charge in [0.05, 0.1) is 30.0 Å². The molecule has 0 N–H and O–H groups in total. The predicted octanol–water partition coefficient (Wildman–Crippen LogP) is 4.74. The molecule has 3 aromatic carbocycles. The van der Waals surface area contributed by atoms with E-state index in [1.54, 1.807) is 6.07 Å². The van der Waals surface area contributed by atoms with Gasteiger partial charge >= 0.3 is 5.97 Å². The van der Waals surface area contributed by atoms with Crippen LogP contribution in [0, 0.1) is 11.8 Å². The molecule has 172 valence electrons. The van der Waals surface area contributed by atoms with Gasteiger partial charge in [-0.2, -0.15) is 0 Å². The van der Waals surface area contributed by atoms with E-state index in [-0.39, 0.29) is 36.4 Å². The van der Waals surface area contributed by atoms with Crippen LogP contribution in [0.3, 0.4) is 0 Å². The van der Waals surface area contributed by atoms with Crippen LogP contribution >= 0.6 is 0 Å². The van der Waals surface area contributed by atoms with Crippen LogP contribution in [0.2, 0.25) is 0 Å². The van der Waals surface area contributed by atoms with Gasteiger partial charge in [0.1, 0.15) is 0 Å². The number of fused-ring (bicyclic) bond motifs is 2. The smallest absolute Gasteiger partial charge is 0.338 e. The highest BCUT2D eigenvalue weighted by Crippen LogP contribution is 2.48. The summed E-state index contributed by atoms with van der Waals surface area (Å²) in [6.45, 7) is 3.91. The first kappa shape index (κ1) is 22.1. The fourth-order valence-electron chi connectivity index (χ4n) is 5.28. The molecule has 3 aromatic rings. The highest BCUT2D eigenvalue weighted by atomic mass is 16.5. The third-order valence-corrected chi connectivity index (χ3v) is 6.77. The van der Waals surface area contributed by atoms with Crippen LogP contribution in [0.25, 0.3) is 0 Å². The van der Waals surface area contributed by atoms with E-state index in [2.05, 4.69) is 0 Å². The summed E-state index contributed by atoms with van der Waals surface area (Å²) in [5, 5.41) is 0. The summed E-state index contributed by atoms with van der Waals surface area (Å²) < 4.78 is 5.41. The predicted molar refractivity (Wildman–Crippen MR) is 128 cm³/mol. The molecule has 3 atom stereocenters. The van der Waals surface area contributed by atoms with E-state index < -0.39 is 11.8 Å². The molecule has 1 saturated heterocycles. The number of ether oxygens (including phenoxy) is 1. The van der Waals surface area contributed by atoms with E-state index in [4.69, 9.17) is 4.74 Å². The fraction of sp³-hybridized carbons (Fsp3) is 0.276. The van der Waals surface area contributed by atoms with E-state index >= 15 is 0 Å². The van der Waals surface area contributed by atoms with Crippen molar-refractivity contribution in [3.05, 3.63) is 107 Å². The maximum atomic E-state index is 13.7. The van der Waals surface area contributed by atoms with Gasteiger partial charge in [-0.3, -0.25) is 14.5 Å². The summed E-state index contributed by atoms with van der Waals surface area (Å²) in [6.07, 6.45) is 0.261. The molecule has 0 aromatic heterocycles. The standard InChI is InChI=1S/C29H27NO4/c1-18(2)34-29(33)22-14-13-21-15-24-26(25(23(21)16-22)20-11-7-4-8-12-20)28(32)30(27(24)31)17-19-9-5-3-6-10-19/h3-14,16,18,24-26H,15,17H2,1-2H3. The lowest BCUT2D eigenvalue weighted by Gasteiger charge is -2.33. The van der Waals surface area contributed by atoms with Gasteiger partial charge in [0.2, 0.25) is 11.8 Å². The molecule has 1 aliphatic heterocycles. The monoisotopic (exact) mass is 453 g/mol. The zero-order valence-electron chi connectivity index (χ0n) is 19.3. The third-order valence-electron chi connectivity index (χ3n) is 6.77. The van der Waals surface area contributed by atoms with Crippen molar-refractivity contribution in [3.63, 3.8) is 0 Å². The van der Waals surface area contributed by atoms with Gasteiger partial charge in [-0.05, 0) is 54.7 Å². The number of nitrogens with zero attached hydrogens (tertiary/aromatic N) is 1. The lowest BCUT2D eigenvalue weighted by atomic mass is 9.67.